The van der Waals surface area contributed by atoms with Crippen molar-refractivity contribution in [1.82, 2.24) is 19.5 Å². The van der Waals surface area contributed by atoms with Gasteiger partial charge in [-0.05, 0) is 0 Å². The molecule has 10 nitrogen and oxygen atoms in total. The van der Waals surface area contributed by atoms with Crippen LogP contribution < -0.4 is 5.73 Å². The van der Waals surface area contributed by atoms with Gasteiger partial charge in [0.15, 0.2) is 11.5 Å². The summed E-state index contributed by atoms with van der Waals surface area (Å²) >= 11 is 0. The lowest BCUT2D eigenvalue weighted by Crippen LogP contribution is -2.21. The molecule has 2 rings (SSSR count). The fourth-order valence-corrected chi connectivity index (χ4v) is 1.86. The van der Waals surface area contributed by atoms with E-state index in [9.17, 15) is 9.67 Å². The van der Waals surface area contributed by atoms with Gasteiger partial charge in [0.1, 0.15) is 11.8 Å². The first-order valence-corrected chi connectivity index (χ1v) is 6.69. The summed E-state index contributed by atoms with van der Waals surface area (Å²) < 4.78 is 16.2. The summed E-state index contributed by atoms with van der Waals surface area (Å²) in [6.07, 6.45) is 1.53. The van der Waals surface area contributed by atoms with Crippen LogP contribution in [0.3, 0.4) is 0 Å². The average molecular weight is 289 g/mol. The van der Waals surface area contributed by atoms with Crippen molar-refractivity contribution in [2.24, 2.45) is 0 Å². The van der Waals surface area contributed by atoms with E-state index in [1.54, 1.807) is 0 Å². The van der Waals surface area contributed by atoms with Crippen molar-refractivity contribution in [2.75, 3.05) is 12.3 Å². The largest absolute Gasteiger partial charge is 0.469 e. The van der Waals surface area contributed by atoms with Gasteiger partial charge in [0, 0.05) is 0 Å². The number of hydrogen-bond acceptors (Lipinski definition) is 7. The molecule has 19 heavy (non-hydrogen) atoms. The minimum Gasteiger partial charge on any atom is -0.389 e. The van der Waals surface area contributed by atoms with Crippen LogP contribution in [-0.4, -0.2) is 47.1 Å². The van der Waals surface area contributed by atoms with Gasteiger partial charge in [-0.15, -0.1) is 0 Å². The van der Waals surface area contributed by atoms with E-state index in [2.05, 4.69) is 19.5 Å². The zero-order valence-electron chi connectivity index (χ0n) is 9.62. The van der Waals surface area contributed by atoms with Gasteiger partial charge >= 0.3 is 7.82 Å². The molecule has 11 heteroatoms. The van der Waals surface area contributed by atoms with Crippen LogP contribution in [0.25, 0.3) is 11.2 Å². The van der Waals surface area contributed by atoms with Crippen LogP contribution >= 0.6 is 7.82 Å². The van der Waals surface area contributed by atoms with Crippen LogP contribution in [0.15, 0.2) is 12.7 Å². The van der Waals surface area contributed by atoms with E-state index in [0.29, 0.717) is 11.2 Å². The van der Waals surface area contributed by atoms with Gasteiger partial charge in [-0.1, -0.05) is 0 Å². The summed E-state index contributed by atoms with van der Waals surface area (Å²) in [5, 5.41) is 9.62. The molecule has 0 aliphatic carbocycles. The zero-order valence-corrected chi connectivity index (χ0v) is 10.5. The number of fused-ring (bicyclic) bond motifs is 1. The highest BCUT2D eigenvalue weighted by Crippen LogP contribution is 2.35. The molecule has 104 valence electrons. The van der Waals surface area contributed by atoms with E-state index in [-0.39, 0.29) is 12.4 Å². The standard InChI is InChI=1S/C8H12N5O5P/c9-7-6-8(11-3-10-7)13(4-12-6)1-5(14)2-18-19(15,16)17/h3-5,14H,1-2H2,(H2,9,10,11)(H2,15,16,17)/t5-/m0/s1. The summed E-state index contributed by atoms with van der Waals surface area (Å²) in [4.78, 5) is 28.8. The zero-order chi connectivity index (χ0) is 14.0. The highest BCUT2D eigenvalue weighted by molar-refractivity contribution is 7.46. The maximum atomic E-state index is 10.5. The normalized spacial score (nSPS) is 13.8. The van der Waals surface area contributed by atoms with Crippen molar-refractivity contribution in [3.63, 3.8) is 0 Å². The van der Waals surface area contributed by atoms with Crippen LogP contribution in [0.4, 0.5) is 5.82 Å². The average Bonchev–Trinajstić information content (AvgIpc) is 2.71. The van der Waals surface area contributed by atoms with Gasteiger partial charge in [0.05, 0.1) is 25.6 Å². The number of imidazole rings is 1. The predicted molar refractivity (Wildman–Crippen MR) is 63.7 cm³/mol. The number of nitrogens with two attached hydrogens (primary N) is 1. The number of anilines is 1. The van der Waals surface area contributed by atoms with E-state index in [1.807, 2.05) is 0 Å². The molecule has 0 spiro atoms. The molecule has 0 fully saturated rings. The summed E-state index contributed by atoms with van der Waals surface area (Å²) in [6.45, 7) is -0.503. The van der Waals surface area contributed by atoms with E-state index in [0.717, 1.165) is 0 Å². The molecule has 0 aliphatic rings. The summed E-state index contributed by atoms with van der Waals surface area (Å²) in [5.74, 6) is 0.213. The first-order chi connectivity index (χ1) is 8.87. The molecule has 0 bridgehead atoms. The second-order valence-electron chi connectivity index (χ2n) is 3.77. The van der Waals surface area contributed by atoms with Crippen LogP contribution in [0, 0.1) is 0 Å². The Hall–Kier alpha value is -1.58. The Kier molecular flexibility index (Phi) is 3.78. The lowest BCUT2D eigenvalue weighted by Gasteiger charge is -2.12. The molecule has 0 aromatic carbocycles. The number of phosphoric acid groups is 1. The molecule has 2 aromatic heterocycles. The molecule has 2 heterocycles. The van der Waals surface area contributed by atoms with E-state index >= 15 is 0 Å². The van der Waals surface area contributed by atoms with E-state index < -0.39 is 20.5 Å². The maximum absolute atomic E-state index is 10.5. The molecule has 0 amide bonds. The SMILES string of the molecule is Nc1ncnc2c1ncn2C[C@H](O)COP(=O)(O)O. The monoisotopic (exact) mass is 289 g/mol. The first kappa shape index (κ1) is 13.8. The molecule has 2 aromatic rings. The van der Waals surface area contributed by atoms with E-state index in [1.165, 1.54) is 17.2 Å². The quantitative estimate of drug-likeness (QED) is 0.500. The van der Waals surface area contributed by atoms with Crippen molar-refractivity contribution in [3.8, 4) is 0 Å². The van der Waals surface area contributed by atoms with Crippen molar-refractivity contribution < 1.29 is 24.0 Å². The lowest BCUT2D eigenvalue weighted by atomic mass is 10.4. The Morgan fingerprint density at radius 3 is 2.84 bits per heavy atom. The van der Waals surface area contributed by atoms with E-state index in [4.69, 9.17) is 15.5 Å². The minimum absolute atomic E-state index is 0.00690. The first-order valence-electron chi connectivity index (χ1n) is 5.16. The number of nitrogens with zero attached hydrogens (tertiary/aromatic N) is 4. The number of hydrogen-bond donors (Lipinski definition) is 4. The summed E-state index contributed by atoms with van der Waals surface area (Å²) in [6, 6.07) is 0. The number of nitrogen functional groups attached to an aromatic ring is 1. The third-order valence-electron chi connectivity index (χ3n) is 2.27. The summed E-state index contributed by atoms with van der Waals surface area (Å²) in [7, 11) is -4.60. The van der Waals surface area contributed by atoms with Crippen molar-refractivity contribution in [3.05, 3.63) is 12.7 Å². The van der Waals surface area contributed by atoms with Crippen LogP contribution in [0.5, 0.6) is 0 Å². The fourth-order valence-electron chi connectivity index (χ4n) is 1.50. The predicted octanol–water partition coefficient (Wildman–Crippen LogP) is -1.12. The Balaban J connectivity index is 2.09. The second-order valence-corrected chi connectivity index (χ2v) is 5.01. The molecular formula is C8H12N5O5P. The highest BCUT2D eigenvalue weighted by atomic mass is 31.2. The highest BCUT2D eigenvalue weighted by Gasteiger charge is 2.18. The van der Waals surface area contributed by atoms with Crippen LogP contribution in [0.2, 0.25) is 0 Å². The number of aliphatic hydroxyl groups is 1. The Morgan fingerprint density at radius 1 is 1.42 bits per heavy atom. The molecule has 0 radical (unpaired) electrons. The number of rotatable bonds is 5. The van der Waals surface area contributed by atoms with Crippen LogP contribution in [0.1, 0.15) is 0 Å². The third kappa shape index (κ3) is 3.46. The van der Waals surface area contributed by atoms with Crippen molar-refractivity contribution in [2.45, 2.75) is 12.6 Å². The van der Waals surface area contributed by atoms with Gasteiger partial charge in [0.25, 0.3) is 0 Å². The minimum atomic E-state index is -4.60. The number of phosphoric ester groups is 1. The Morgan fingerprint density at radius 2 is 2.16 bits per heavy atom. The molecule has 0 unspecified atom stereocenters. The lowest BCUT2D eigenvalue weighted by molar-refractivity contribution is 0.0740. The van der Waals surface area contributed by atoms with Crippen molar-refractivity contribution >= 4 is 24.8 Å². The van der Waals surface area contributed by atoms with Crippen LogP contribution in [-0.2, 0) is 15.6 Å². The van der Waals surface area contributed by atoms with Gasteiger partial charge in [0.2, 0.25) is 0 Å². The second kappa shape index (κ2) is 5.19. The maximum Gasteiger partial charge on any atom is 0.469 e. The van der Waals surface area contributed by atoms with Crippen molar-refractivity contribution in [1.29, 1.82) is 0 Å². The molecule has 0 saturated carbocycles. The van der Waals surface area contributed by atoms with Gasteiger partial charge in [-0.2, -0.15) is 0 Å². The molecule has 0 aliphatic heterocycles. The summed E-state index contributed by atoms with van der Waals surface area (Å²) in [5.41, 5.74) is 6.41. The molecule has 0 saturated heterocycles. The smallest absolute Gasteiger partial charge is 0.389 e. The van der Waals surface area contributed by atoms with Gasteiger partial charge in [-0.25, -0.2) is 19.5 Å². The number of aromatic nitrogens is 4. The molecule has 5 N–H and O–H groups in total. The third-order valence-corrected chi connectivity index (χ3v) is 2.76. The van der Waals surface area contributed by atoms with Gasteiger partial charge in [-0.3, -0.25) is 4.52 Å². The Bertz CT molecular complexity index is 625. The molecular weight excluding hydrogens is 277 g/mol. The number of aliphatic hydroxyl groups excluding tert-OH is 1. The molecule has 1 atom stereocenters. The topological polar surface area (TPSA) is 157 Å². The fraction of sp³-hybridized carbons (Fsp3) is 0.375. The Labute approximate surface area is 107 Å². The van der Waals surface area contributed by atoms with Gasteiger partial charge < -0.3 is 25.2 Å².